The Morgan fingerprint density at radius 2 is 1.89 bits per heavy atom. The van der Waals surface area contributed by atoms with Crippen molar-refractivity contribution in [1.82, 2.24) is 10.2 Å². The molecule has 4 heteroatoms. The Morgan fingerprint density at radius 1 is 1.26 bits per heavy atom. The van der Waals surface area contributed by atoms with Gasteiger partial charge in [-0.05, 0) is 51.7 Å². The van der Waals surface area contributed by atoms with Crippen molar-refractivity contribution in [1.29, 1.82) is 0 Å². The van der Waals surface area contributed by atoms with Crippen molar-refractivity contribution in [2.75, 3.05) is 32.8 Å². The van der Waals surface area contributed by atoms with Gasteiger partial charge in [-0.25, -0.2) is 4.79 Å². The van der Waals surface area contributed by atoms with Gasteiger partial charge in [-0.2, -0.15) is 0 Å². The third kappa shape index (κ3) is 4.18. The van der Waals surface area contributed by atoms with Crippen molar-refractivity contribution in [3.05, 3.63) is 0 Å². The number of hydrogen-bond acceptors (Lipinski definition) is 4. The second-order valence-electron chi connectivity index (χ2n) is 5.35. The van der Waals surface area contributed by atoms with E-state index in [-0.39, 0.29) is 5.97 Å². The molecule has 0 bridgehead atoms. The summed E-state index contributed by atoms with van der Waals surface area (Å²) >= 11 is 0. The van der Waals surface area contributed by atoms with Crippen LogP contribution in [-0.2, 0) is 9.53 Å². The summed E-state index contributed by atoms with van der Waals surface area (Å²) in [5.74, 6) is 0.386. The maximum absolute atomic E-state index is 12.5. The Kier molecular flexibility index (Phi) is 6.80. The van der Waals surface area contributed by atoms with E-state index >= 15 is 0 Å². The Balaban J connectivity index is 2.86. The first-order chi connectivity index (χ1) is 9.14. The number of hydrogen-bond donors (Lipinski definition) is 1. The minimum absolute atomic E-state index is 0.0575. The van der Waals surface area contributed by atoms with Gasteiger partial charge in [0, 0.05) is 6.54 Å². The number of esters is 1. The molecule has 1 saturated carbocycles. The van der Waals surface area contributed by atoms with Crippen LogP contribution in [0.15, 0.2) is 0 Å². The first-order valence-electron chi connectivity index (χ1n) is 7.79. The zero-order valence-corrected chi connectivity index (χ0v) is 13.0. The molecule has 0 saturated heterocycles. The summed E-state index contributed by atoms with van der Waals surface area (Å²) in [5, 5.41) is 3.51. The van der Waals surface area contributed by atoms with Gasteiger partial charge in [-0.3, -0.25) is 0 Å². The average molecular weight is 270 g/mol. The molecule has 0 amide bonds. The fourth-order valence-corrected chi connectivity index (χ4v) is 2.62. The number of rotatable bonds is 10. The number of nitrogens with zero attached hydrogens (tertiary/aromatic N) is 1. The zero-order chi connectivity index (χ0) is 14.3. The smallest absolute Gasteiger partial charge is 0.327 e. The van der Waals surface area contributed by atoms with Crippen LogP contribution in [0.5, 0.6) is 0 Å². The molecule has 1 aliphatic rings. The highest BCUT2D eigenvalue weighted by molar-refractivity contribution is 5.82. The van der Waals surface area contributed by atoms with Crippen molar-refractivity contribution in [2.45, 2.75) is 52.5 Å². The minimum atomic E-state index is -0.488. The number of nitrogens with one attached hydrogen (secondary N) is 1. The van der Waals surface area contributed by atoms with Crippen molar-refractivity contribution in [3.8, 4) is 0 Å². The highest BCUT2D eigenvalue weighted by atomic mass is 16.5. The first-order valence-corrected chi connectivity index (χ1v) is 7.79. The SMILES string of the molecule is CCCNC(CN(CC)CC)(C(=O)OCC)C1CC1. The van der Waals surface area contributed by atoms with E-state index in [0.717, 1.165) is 45.4 Å². The molecule has 0 heterocycles. The van der Waals surface area contributed by atoms with E-state index in [2.05, 4.69) is 31.0 Å². The van der Waals surface area contributed by atoms with Gasteiger partial charge in [0.2, 0.25) is 0 Å². The van der Waals surface area contributed by atoms with Crippen molar-refractivity contribution >= 4 is 5.97 Å². The molecule has 112 valence electrons. The van der Waals surface area contributed by atoms with Crippen molar-refractivity contribution in [3.63, 3.8) is 0 Å². The lowest BCUT2D eigenvalue weighted by molar-refractivity contribution is -0.153. The van der Waals surface area contributed by atoms with Crippen LogP contribution in [0.3, 0.4) is 0 Å². The first kappa shape index (κ1) is 16.4. The summed E-state index contributed by atoms with van der Waals surface area (Å²) in [7, 11) is 0. The highest BCUT2D eigenvalue weighted by Crippen LogP contribution is 2.41. The molecule has 1 rings (SSSR count). The lowest BCUT2D eigenvalue weighted by Gasteiger charge is -2.37. The molecular weight excluding hydrogens is 240 g/mol. The van der Waals surface area contributed by atoms with E-state index in [1.54, 1.807) is 0 Å². The number of carbonyl (C=O) groups is 1. The molecule has 1 N–H and O–H groups in total. The van der Waals surface area contributed by atoms with Gasteiger partial charge in [0.05, 0.1) is 6.61 Å². The quantitative estimate of drug-likeness (QED) is 0.617. The lowest BCUT2D eigenvalue weighted by Crippen LogP contribution is -2.61. The van der Waals surface area contributed by atoms with Gasteiger partial charge in [-0.15, -0.1) is 0 Å². The second-order valence-corrected chi connectivity index (χ2v) is 5.35. The summed E-state index contributed by atoms with van der Waals surface area (Å²) in [4.78, 5) is 14.8. The fourth-order valence-electron chi connectivity index (χ4n) is 2.62. The third-order valence-electron chi connectivity index (χ3n) is 3.97. The van der Waals surface area contributed by atoms with Crippen LogP contribution in [0, 0.1) is 5.92 Å². The summed E-state index contributed by atoms with van der Waals surface area (Å²) in [6.07, 6.45) is 3.31. The monoisotopic (exact) mass is 270 g/mol. The van der Waals surface area contributed by atoms with Gasteiger partial charge >= 0.3 is 5.97 Å². The Morgan fingerprint density at radius 3 is 2.32 bits per heavy atom. The average Bonchev–Trinajstić information content (AvgIpc) is 3.24. The van der Waals surface area contributed by atoms with E-state index in [1.165, 1.54) is 0 Å². The molecular formula is C15H30N2O2. The zero-order valence-electron chi connectivity index (χ0n) is 13.0. The maximum Gasteiger partial charge on any atom is 0.327 e. The van der Waals surface area contributed by atoms with Gasteiger partial charge in [-0.1, -0.05) is 20.8 Å². The predicted molar refractivity (Wildman–Crippen MR) is 78.2 cm³/mol. The van der Waals surface area contributed by atoms with Crippen LogP contribution in [-0.4, -0.2) is 49.2 Å². The van der Waals surface area contributed by atoms with Crippen molar-refractivity contribution < 1.29 is 9.53 Å². The van der Waals surface area contributed by atoms with E-state index in [0.29, 0.717) is 12.5 Å². The third-order valence-corrected chi connectivity index (χ3v) is 3.97. The Bertz CT molecular complexity index is 275. The summed E-state index contributed by atoms with van der Waals surface area (Å²) in [5.41, 5.74) is -0.488. The van der Waals surface area contributed by atoms with Gasteiger partial charge in [0.15, 0.2) is 0 Å². The van der Waals surface area contributed by atoms with Crippen LogP contribution in [0.2, 0.25) is 0 Å². The molecule has 0 spiro atoms. The van der Waals surface area contributed by atoms with Crippen LogP contribution in [0.1, 0.15) is 47.0 Å². The number of ether oxygens (including phenoxy) is 1. The summed E-state index contributed by atoms with van der Waals surface area (Å²) in [6, 6.07) is 0. The molecule has 0 aromatic heterocycles. The largest absolute Gasteiger partial charge is 0.465 e. The topological polar surface area (TPSA) is 41.6 Å². The molecule has 0 radical (unpaired) electrons. The van der Waals surface area contributed by atoms with Gasteiger partial charge < -0.3 is 15.0 Å². The molecule has 1 unspecified atom stereocenters. The van der Waals surface area contributed by atoms with Crippen molar-refractivity contribution in [2.24, 2.45) is 5.92 Å². The number of carbonyl (C=O) groups excluding carboxylic acids is 1. The van der Waals surface area contributed by atoms with E-state index in [1.807, 2.05) is 6.92 Å². The van der Waals surface area contributed by atoms with Gasteiger partial charge in [0.25, 0.3) is 0 Å². The van der Waals surface area contributed by atoms with E-state index in [9.17, 15) is 4.79 Å². The Hall–Kier alpha value is -0.610. The predicted octanol–water partition coefficient (Wildman–Crippen LogP) is 2.04. The normalized spacial score (nSPS) is 18.4. The van der Waals surface area contributed by atoms with E-state index in [4.69, 9.17) is 4.74 Å². The second kappa shape index (κ2) is 7.85. The summed E-state index contributed by atoms with van der Waals surface area (Å²) in [6.45, 7) is 12.3. The maximum atomic E-state index is 12.5. The van der Waals surface area contributed by atoms with Crippen LogP contribution >= 0.6 is 0 Å². The minimum Gasteiger partial charge on any atom is -0.465 e. The summed E-state index contributed by atoms with van der Waals surface area (Å²) < 4.78 is 5.37. The molecule has 19 heavy (non-hydrogen) atoms. The van der Waals surface area contributed by atoms with Crippen LogP contribution in [0.4, 0.5) is 0 Å². The standard InChI is InChI=1S/C15H30N2O2/c1-5-11-16-15(13-9-10-13,14(18)19-8-4)12-17(6-2)7-3/h13,16H,5-12H2,1-4H3. The number of likely N-dealkylation sites (N-methyl/N-ethyl adjacent to an activating group) is 1. The molecule has 4 nitrogen and oxygen atoms in total. The molecule has 1 atom stereocenters. The van der Waals surface area contributed by atoms with Crippen LogP contribution in [0.25, 0.3) is 0 Å². The van der Waals surface area contributed by atoms with E-state index < -0.39 is 5.54 Å². The molecule has 0 aromatic carbocycles. The lowest BCUT2D eigenvalue weighted by atomic mass is 9.91. The Labute approximate surface area is 117 Å². The molecule has 0 aliphatic heterocycles. The fraction of sp³-hybridized carbons (Fsp3) is 0.933. The highest BCUT2D eigenvalue weighted by Gasteiger charge is 2.52. The molecule has 1 fully saturated rings. The van der Waals surface area contributed by atoms with Crippen LogP contribution < -0.4 is 5.32 Å². The molecule has 1 aliphatic carbocycles. The molecule has 0 aromatic rings. The van der Waals surface area contributed by atoms with Gasteiger partial charge in [0.1, 0.15) is 5.54 Å².